The highest BCUT2D eigenvalue weighted by molar-refractivity contribution is 7.09. The van der Waals surface area contributed by atoms with Gasteiger partial charge in [0.15, 0.2) is 5.69 Å². The summed E-state index contributed by atoms with van der Waals surface area (Å²) in [5.74, 6) is -0.467. The molecule has 3 heterocycles. The third-order valence-corrected chi connectivity index (χ3v) is 8.30. The molecule has 2 aliphatic rings. The van der Waals surface area contributed by atoms with E-state index in [4.69, 9.17) is 9.47 Å². The maximum atomic E-state index is 13.8. The lowest BCUT2D eigenvalue weighted by molar-refractivity contribution is -0.162. The standard InChI is InChI=1S/C25H40N4O5S/c1-7-16(4)21(27-22(30)18-10-8-9-11-28(18)5)24(31)29-14-34-20(12-19(29)15(2)3)23-26-17(13-35-23)25(32)33-6/h13,15-16,18-21H,7-12,14H2,1-6H3,(H,27,30). The maximum absolute atomic E-state index is 13.8. The molecule has 35 heavy (non-hydrogen) atoms. The van der Waals surface area contributed by atoms with E-state index in [2.05, 4.69) is 29.0 Å². The van der Waals surface area contributed by atoms with Crippen molar-refractivity contribution in [3.05, 3.63) is 16.1 Å². The number of nitrogens with zero attached hydrogens (tertiary/aromatic N) is 3. The number of aromatic nitrogens is 1. The zero-order chi connectivity index (χ0) is 25.7. The number of hydrogen-bond acceptors (Lipinski definition) is 8. The van der Waals surface area contributed by atoms with E-state index in [9.17, 15) is 14.4 Å². The van der Waals surface area contributed by atoms with Crippen molar-refractivity contribution in [2.75, 3.05) is 27.4 Å². The molecule has 5 unspecified atom stereocenters. The van der Waals surface area contributed by atoms with Gasteiger partial charge in [-0.3, -0.25) is 14.5 Å². The SMILES string of the molecule is CCC(C)C(NC(=O)C1CCCCN1C)C(=O)N1COC(c2nc(C(=O)OC)cs2)CC1C(C)C. The summed E-state index contributed by atoms with van der Waals surface area (Å²) in [6.07, 6.45) is 3.98. The summed E-state index contributed by atoms with van der Waals surface area (Å²) in [4.78, 5) is 47.1. The van der Waals surface area contributed by atoms with Crippen molar-refractivity contribution < 1.29 is 23.9 Å². The van der Waals surface area contributed by atoms with Gasteiger partial charge in [-0.1, -0.05) is 40.5 Å². The number of likely N-dealkylation sites (tertiary alicyclic amines) is 1. The number of ether oxygens (including phenoxy) is 2. The fourth-order valence-corrected chi connectivity index (χ4v) is 5.71. The smallest absolute Gasteiger partial charge is 0.357 e. The number of thiazole rings is 1. The van der Waals surface area contributed by atoms with Gasteiger partial charge in [0.25, 0.3) is 0 Å². The summed E-state index contributed by atoms with van der Waals surface area (Å²) in [6.45, 7) is 9.23. The van der Waals surface area contributed by atoms with Crippen LogP contribution in [-0.2, 0) is 19.1 Å². The van der Waals surface area contributed by atoms with Gasteiger partial charge < -0.3 is 19.7 Å². The van der Waals surface area contributed by atoms with Crippen LogP contribution in [0.15, 0.2) is 5.38 Å². The van der Waals surface area contributed by atoms with Crippen LogP contribution in [0.4, 0.5) is 0 Å². The summed E-state index contributed by atoms with van der Waals surface area (Å²) < 4.78 is 10.8. The monoisotopic (exact) mass is 508 g/mol. The van der Waals surface area contributed by atoms with E-state index in [1.165, 1.54) is 18.4 Å². The highest BCUT2D eigenvalue weighted by Gasteiger charge is 2.41. The Kier molecular flexibility index (Phi) is 9.66. The zero-order valence-electron chi connectivity index (χ0n) is 21.8. The van der Waals surface area contributed by atoms with Gasteiger partial charge in [0.05, 0.1) is 13.2 Å². The first-order chi connectivity index (χ1) is 16.7. The van der Waals surface area contributed by atoms with Gasteiger partial charge in [-0.05, 0) is 38.3 Å². The molecule has 1 N–H and O–H groups in total. The van der Waals surface area contributed by atoms with E-state index in [1.807, 2.05) is 20.9 Å². The Morgan fingerprint density at radius 2 is 2.03 bits per heavy atom. The van der Waals surface area contributed by atoms with Gasteiger partial charge in [0.2, 0.25) is 11.8 Å². The van der Waals surface area contributed by atoms with Gasteiger partial charge in [-0.2, -0.15) is 0 Å². The van der Waals surface area contributed by atoms with Gasteiger partial charge in [-0.25, -0.2) is 9.78 Å². The van der Waals surface area contributed by atoms with Crippen LogP contribution in [-0.4, -0.2) is 78.1 Å². The molecule has 0 bridgehead atoms. The fourth-order valence-electron chi connectivity index (χ4n) is 4.86. The number of likely N-dealkylation sites (N-methyl/N-ethyl adjacent to an activating group) is 1. The number of methoxy groups -OCH3 is 1. The molecule has 2 fully saturated rings. The molecule has 0 saturated carbocycles. The van der Waals surface area contributed by atoms with E-state index in [1.54, 1.807) is 10.3 Å². The van der Waals surface area contributed by atoms with Crippen LogP contribution in [0.3, 0.4) is 0 Å². The summed E-state index contributed by atoms with van der Waals surface area (Å²) in [5.41, 5.74) is 0.267. The molecule has 2 aliphatic heterocycles. The molecule has 2 amide bonds. The minimum Gasteiger partial charge on any atom is -0.464 e. The van der Waals surface area contributed by atoms with Crippen LogP contribution in [0.2, 0.25) is 0 Å². The summed E-state index contributed by atoms with van der Waals surface area (Å²) in [6, 6.07) is -0.873. The largest absolute Gasteiger partial charge is 0.464 e. The molecule has 2 saturated heterocycles. The highest BCUT2D eigenvalue weighted by Crippen LogP contribution is 2.35. The average molecular weight is 509 g/mol. The van der Waals surface area contributed by atoms with Crippen LogP contribution in [0.5, 0.6) is 0 Å². The molecule has 10 heteroatoms. The first-order valence-corrected chi connectivity index (χ1v) is 13.5. The molecule has 5 atom stereocenters. The zero-order valence-corrected chi connectivity index (χ0v) is 22.6. The van der Waals surface area contributed by atoms with Crippen LogP contribution >= 0.6 is 11.3 Å². The van der Waals surface area contributed by atoms with Gasteiger partial charge in [0, 0.05) is 17.8 Å². The quantitative estimate of drug-likeness (QED) is 0.538. The molecule has 1 aromatic heterocycles. The summed E-state index contributed by atoms with van der Waals surface area (Å²) in [5, 5.41) is 5.47. The number of piperidine rings is 1. The van der Waals surface area contributed by atoms with Crippen molar-refractivity contribution in [3.63, 3.8) is 0 Å². The fraction of sp³-hybridized carbons (Fsp3) is 0.760. The molecule has 0 aliphatic carbocycles. The van der Waals surface area contributed by atoms with Crippen LogP contribution in [0.1, 0.15) is 81.4 Å². The van der Waals surface area contributed by atoms with Crippen molar-refractivity contribution in [2.24, 2.45) is 11.8 Å². The topological polar surface area (TPSA) is 101 Å². The summed E-state index contributed by atoms with van der Waals surface area (Å²) in [7, 11) is 3.30. The molecule has 1 aromatic rings. The third kappa shape index (κ3) is 6.40. The lowest BCUT2D eigenvalue weighted by atomic mass is 9.91. The van der Waals surface area contributed by atoms with Gasteiger partial charge in [0.1, 0.15) is 23.9 Å². The maximum Gasteiger partial charge on any atom is 0.357 e. The Morgan fingerprint density at radius 3 is 2.66 bits per heavy atom. The second-order valence-corrected chi connectivity index (χ2v) is 11.0. The molecular weight excluding hydrogens is 468 g/mol. The van der Waals surface area contributed by atoms with Crippen molar-refractivity contribution in [1.29, 1.82) is 0 Å². The lowest BCUT2D eigenvalue weighted by Crippen LogP contribution is -2.60. The van der Waals surface area contributed by atoms with E-state index in [0.29, 0.717) is 11.4 Å². The lowest BCUT2D eigenvalue weighted by Gasteiger charge is -2.43. The Hall–Kier alpha value is -2.04. The van der Waals surface area contributed by atoms with Crippen LogP contribution in [0.25, 0.3) is 0 Å². The predicted octanol–water partition coefficient (Wildman–Crippen LogP) is 3.22. The number of hydrogen-bond donors (Lipinski definition) is 1. The van der Waals surface area contributed by atoms with E-state index >= 15 is 0 Å². The number of carbonyl (C=O) groups is 3. The first kappa shape index (κ1) is 27.5. The normalized spacial score (nSPS) is 25.2. The van der Waals surface area contributed by atoms with Gasteiger partial charge >= 0.3 is 5.97 Å². The van der Waals surface area contributed by atoms with E-state index < -0.39 is 12.0 Å². The number of carbonyl (C=O) groups excluding carboxylic acids is 3. The second kappa shape index (κ2) is 12.3. The van der Waals surface area contributed by atoms with Crippen LogP contribution < -0.4 is 5.32 Å². The molecule has 0 radical (unpaired) electrons. The number of rotatable bonds is 8. The van der Waals surface area contributed by atoms with Crippen molar-refractivity contribution in [2.45, 2.75) is 84.0 Å². The number of nitrogens with one attached hydrogen (secondary N) is 1. The number of esters is 1. The Morgan fingerprint density at radius 1 is 1.29 bits per heavy atom. The highest BCUT2D eigenvalue weighted by atomic mass is 32.1. The molecule has 9 nitrogen and oxygen atoms in total. The Bertz CT molecular complexity index is 891. The predicted molar refractivity (Wildman–Crippen MR) is 134 cm³/mol. The van der Waals surface area contributed by atoms with Gasteiger partial charge in [-0.15, -0.1) is 11.3 Å². The molecule has 0 aromatic carbocycles. The molecule has 3 rings (SSSR count). The Balaban J connectivity index is 1.75. The van der Waals surface area contributed by atoms with Crippen molar-refractivity contribution in [1.82, 2.24) is 20.1 Å². The van der Waals surface area contributed by atoms with Crippen molar-refractivity contribution in [3.8, 4) is 0 Å². The molecular formula is C25H40N4O5S. The Labute approximate surface area is 212 Å². The van der Waals surface area contributed by atoms with Crippen LogP contribution in [0, 0.1) is 11.8 Å². The second-order valence-electron chi connectivity index (χ2n) is 10.1. The van der Waals surface area contributed by atoms with Crippen molar-refractivity contribution >= 4 is 29.1 Å². The minimum atomic E-state index is -0.602. The summed E-state index contributed by atoms with van der Waals surface area (Å²) >= 11 is 1.36. The van der Waals surface area contributed by atoms with E-state index in [-0.39, 0.29) is 54.3 Å². The first-order valence-electron chi connectivity index (χ1n) is 12.6. The molecule has 196 valence electrons. The minimum absolute atomic E-state index is 0.00698. The third-order valence-electron chi connectivity index (χ3n) is 7.37. The van der Waals surface area contributed by atoms with E-state index in [0.717, 1.165) is 32.2 Å². The average Bonchev–Trinajstić information content (AvgIpc) is 3.36. The number of amides is 2. The molecule has 0 spiro atoms.